The molecule has 0 radical (unpaired) electrons. The molecule has 0 aliphatic heterocycles. The zero-order chi connectivity index (χ0) is 18.8. The first-order valence-electron chi connectivity index (χ1n) is 8.98. The van der Waals surface area contributed by atoms with Crippen molar-refractivity contribution in [2.75, 3.05) is 33.4 Å². The normalized spacial score (nSPS) is 12.0. The average Bonchev–Trinajstić information content (AvgIpc) is 2.66. The molecule has 1 unspecified atom stereocenters. The standard InChI is InChI=1S/C21H29NO4/c1-16(2)18-8-4-5-9-19(18)26-15-17(23)14-22-12-13-25-21-11-7-6-10-20(21)24-3/h4-11,16-17,22-23H,12-15H2,1-3H3. The van der Waals surface area contributed by atoms with Crippen LogP contribution in [0.25, 0.3) is 0 Å². The van der Waals surface area contributed by atoms with Crippen molar-refractivity contribution < 1.29 is 19.3 Å². The predicted molar refractivity (Wildman–Crippen MR) is 103 cm³/mol. The smallest absolute Gasteiger partial charge is 0.161 e. The van der Waals surface area contributed by atoms with E-state index in [2.05, 4.69) is 25.2 Å². The first-order valence-corrected chi connectivity index (χ1v) is 8.98. The maximum atomic E-state index is 10.1. The Hall–Kier alpha value is -2.24. The minimum Gasteiger partial charge on any atom is -0.493 e. The molecule has 5 nitrogen and oxygen atoms in total. The molecule has 0 spiro atoms. The Morgan fingerprint density at radius 2 is 1.58 bits per heavy atom. The van der Waals surface area contributed by atoms with Crippen LogP contribution in [0.15, 0.2) is 48.5 Å². The van der Waals surface area contributed by atoms with Gasteiger partial charge in [0.2, 0.25) is 0 Å². The number of para-hydroxylation sites is 3. The Labute approximate surface area is 155 Å². The number of ether oxygens (including phenoxy) is 3. The lowest BCUT2D eigenvalue weighted by atomic mass is 10.0. The summed E-state index contributed by atoms with van der Waals surface area (Å²) >= 11 is 0. The van der Waals surface area contributed by atoms with Crippen LogP contribution in [0.5, 0.6) is 17.2 Å². The Bertz CT molecular complexity index is 660. The first kappa shape index (κ1) is 20.1. The van der Waals surface area contributed by atoms with Crippen LogP contribution < -0.4 is 19.5 Å². The topological polar surface area (TPSA) is 60.0 Å². The molecule has 0 aromatic heterocycles. The van der Waals surface area contributed by atoms with E-state index < -0.39 is 6.10 Å². The molecule has 0 saturated heterocycles. The molecular formula is C21H29NO4. The van der Waals surface area contributed by atoms with Crippen LogP contribution in [-0.2, 0) is 0 Å². The molecule has 26 heavy (non-hydrogen) atoms. The van der Waals surface area contributed by atoms with E-state index in [1.54, 1.807) is 7.11 Å². The van der Waals surface area contributed by atoms with Gasteiger partial charge in [-0.05, 0) is 29.7 Å². The number of hydrogen-bond acceptors (Lipinski definition) is 5. The third-order valence-electron chi connectivity index (χ3n) is 3.96. The van der Waals surface area contributed by atoms with Crippen molar-refractivity contribution in [2.45, 2.75) is 25.9 Å². The van der Waals surface area contributed by atoms with Crippen LogP contribution >= 0.6 is 0 Å². The Balaban J connectivity index is 1.66. The number of aliphatic hydroxyl groups is 1. The van der Waals surface area contributed by atoms with Crippen LogP contribution in [0, 0.1) is 0 Å². The molecule has 2 aromatic carbocycles. The van der Waals surface area contributed by atoms with Crippen LogP contribution in [-0.4, -0.2) is 44.6 Å². The summed E-state index contributed by atoms with van der Waals surface area (Å²) < 4.78 is 16.7. The highest BCUT2D eigenvalue weighted by molar-refractivity contribution is 5.39. The van der Waals surface area contributed by atoms with E-state index in [4.69, 9.17) is 14.2 Å². The second-order valence-electron chi connectivity index (χ2n) is 6.36. The average molecular weight is 359 g/mol. The van der Waals surface area contributed by atoms with Gasteiger partial charge in [-0.1, -0.05) is 44.2 Å². The van der Waals surface area contributed by atoms with Crippen molar-refractivity contribution >= 4 is 0 Å². The molecule has 2 N–H and O–H groups in total. The van der Waals surface area contributed by atoms with Crippen LogP contribution in [0.4, 0.5) is 0 Å². The quantitative estimate of drug-likeness (QED) is 0.603. The first-order chi connectivity index (χ1) is 12.6. The molecule has 0 aliphatic rings. The summed E-state index contributed by atoms with van der Waals surface area (Å²) in [5, 5.41) is 13.3. The lowest BCUT2D eigenvalue weighted by Gasteiger charge is -2.17. The van der Waals surface area contributed by atoms with Crippen molar-refractivity contribution in [1.82, 2.24) is 5.32 Å². The molecular weight excluding hydrogens is 330 g/mol. The van der Waals surface area contributed by atoms with Gasteiger partial charge in [0.05, 0.1) is 7.11 Å². The molecule has 1 atom stereocenters. The summed E-state index contributed by atoms with van der Waals surface area (Å²) in [6.45, 7) is 6.06. The van der Waals surface area contributed by atoms with Crippen molar-refractivity contribution in [3.05, 3.63) is 54.1 Å². The van der Waals surface area contributed by atoms with Gasteiger partial charge in [0.25, 0.3) is 0 Å². The van der Waals surface area contributed by atoms with Crippen molar-refractivity contribution in [3.8, 4) is 17.2 Å². The summed E-state index contributed by atoms with van der Waals surface area (Å²) in [5.41, 5.74) is 1.15. The van der Waals surface area contributed by atoms with E-state index in [0.717, 1.165) is 11.3 Å². The Morgan fingerprint density at radius 1 is 0.923 bits per heavy atom. The number of benzene rings is 2. The SMILES string of the molecule is COc1ccccc1OCCNCC(O)COc1ccccc1C(C)C. The third-order valence-corrected chi connectivity index (χ3v) is 3.96. The van der Waals surface area contributed by atoms with E-state index in [9.17, 15) is 5.11 Å². The maximum Gasteiger partial charge on any atom is 0.161 e. The van der Waals surface area contributed by atoms with Gasteiger partial charge < -0.3 is 24.6 Å². The molecule has 0 bridgehead atoms. The Morgan fingerprint density at radius 3 is 2.27 bits per heavy atom. The molecule has 2 rings (SSSR count). The molecule has 5 heteroatoms. The van der Waals surface area contributed by atoms with Crippen molar-refractivity contribution in [2.24, 2.45) is 0 Å². The van der Waals surface area contributed by atoms with Crippen LogP contribution in [0.1, 0.15) is 25.3 Å². The highest BCUT2D eigenvalue weighted by atomic mass is 16.5. The zero-order valence-corrected chi connectivity index (χ0v) is 15.8. The lowest BCUT2D eigenvalue weighted by molar-refractivity contribution is 0.105. The van der Waals surface area contributed by atoms with Crippen LogP contribution in [0.2, 0.25) is 0 Å². The summed E-state index contributed by atoms with van der Waals surface area (Å²) in [7, 11) is 1.62. The van der Waals surface area contributed by atoms with Gasteiger partial charge in [0.15, 0.2) is 11.5 Å². The van der Waals surface area contributed by atoms with Gasteiger partial charge >= 0.3 is 0 Å². The number of aliphatic hydroxyl groups excluding tert-OH is 1. The van der Waals surface area contributed by atoms with Gasteiger partial charge in [-0.2, -0.15) is 0 Å². The van der Waals surface area contributed by atoms with Gasteiger partial charge in [-0.15, -0.1) is 0 Å². The second kappa shape index (κ2) is 10.7. The number of methoxy groups -OCH3 is 1. The molecule has 0 heterocycles. The zero-order valence-electron chi connectivity index (χ0n) is 15.8. The highest BCUT2D eigenvalue weighted by Gasteiger charge is 2.10. The van der Waals surface area contributed by atoms with Gasteiger partial charge in [0.1, 0.15) is 25.1 Å². The van der Waals surface area contributed by atoms with E-state index in [-0.39, 0.29) is 6.61 Å². The van der Waals surface area contributed by atoms with Gasteiger partial charge in [-0.3, -0.25) is 0 Å². The van der Waals surface area contributed by atoms with Crippen LogP contribution in [0.3, 0.4) is 0 Å². The number of rotatable bonds is 11. The predicted octanol–water partition coefficient (Wildman–Crippen LogP) is 3.23. The minimum absolute atomic E-state index is 0.254. The molecule has 0 fully saturated rings. The lowest BCUT2D eigenvalue weighted by Crippen LogP contribution is -2.33. The molecule has 0 saturated carbocycles. The fourth-order valence-corrected chi connectivity index (χ4v) is 2.57. The number of hydrogen-bond donors (Lipinski definition) is 2. The second-order valence-corrected chi connectivity index (χ2v) is 6.36. The minimum atomic E-state index is -0.582. The summed E-state index contributed by atoms with van der Waals surface area (Å²) in [6.07, 6.45) is -0.582. The van der Waals surface area contributed by atoms with E-state index in [1.165, 1.54) is 0 Å². The fourth-order valence-electron chi connectivity index (χ4n) is 2.57. The monoisotopic (exact) mass is 359 g/mol. The largest absolute Gasteiger partial charge is 0.493 e. The number of nitrogens with one attached hydrogen (secondary N) is 1. The third kappa shape index (κ3) is 6.24. The van der Waals surface area contributed by atoms with E-state index in [0.29, 0.717) is 37.1 Å². The van der Waals surface area contributed by atoms with Crippen molar-refractivity contribution in [1.29, 1.82) is 0 Å². The summed E-state index contributed by atoms with van der Waals surface area (Å²) in [4.78, 5) is 0. The van der Waals surface area contributed by atoms with Gasteiger partial charge in [0, 0.05) is 13.1 Å². The molecule has 0 aliphatic carbocycles. The summed E-state index contributed by atoms with van der Waals surface area (Å²) in [5.74, 6) is 2.64. The fraction of sp³-hybridized carbons (Fsp3) is 0.429. The van der Waals surface area contributed by atoms with E-state index >= 15 is 0 Å². The van der Waals surface area contributed by atoms with E-state index in [1.807, 2.05) is 42.5 Å². The molecule has 2 aromatic rings. The maximum absolute atomic E-state index is 10.1. The summed E-state index contributed by atoms with van der Waals surface area (Å²) in [6, 6.07) is 15.5. The highest BCUT2D eigenvalue weighted by Crippen LogP contribution is 2.26. The Kier molecular flexibility index (Phi) is 8.25. The molecule has 142 valence electrons. The van der Waals surface area contributed by atoms with Gasteiger partial charge in [-0.25, -0.2) is 0 Å². The van der Waals surface area contributed by atoms with Crippen molar-refractivity contribution in [3.63, 3.8) is 0 Å². The molecule has 0 amide bonds.